The standard InChI is InChI=1S/2C13H12O3.2C12H10O4.C11H17F3O3.C10H15F3O3/c1-8(2)13(15)16-12-5-3-4-9-6-10(14)7-11(9)12;1-8(2)13(15)16-11-5-3-4-9-6-7-10(14)12(9)11;1-7(2)12(14)15-9-4-3-8-5-11(13)16-10(8)6-9;1-7(2)12(14)15-9-5-3-4-8-6-10(13)16-11(8)9;1-5-8(17-9(15)7(2)3)6-10(4,16)11(12,13)14;1-6(2)8(14)16-7(3)5-9(4,15)10(11,12)13/h2*3-5H,1,6-7H2,2H3;3-4,6H,1,5H2,2H3;3-5H,1,6H2,2H3;8,16H,2,5-6H2,1,3-4H3;7,15H,1,5H2,2-4H3. The van der Waals surface area contributed by atoms with Crippen LogP contribution in [-0.4, -0.2) is 105 Å². The first-order valence-electron chi connectivity index (χ1n) is 29.5. The van der Waals surface area contributed by atoms with Crippen LogP contribution in [0.4, 0.5) is 26.3 Å². The summed E-state index contributed by atoms with van der Waals surface area (Å²) in [6.07, 6.45) is -10.2. The van der Waals surface area contributed by atoms with Crippen molar-refractivity contribution in [1.82, 2.24) is 0 Å². The summed E-state index contributed by atoms with van der Waals surface area (Å²) in [7, 11) is 0. The molecule has 0 radical (unpaired) electrons. The van der Waals surface area contributed by atoms with Crippen LogP contribution in [0, 0.1) is 0 Å². The molecule has 2 heterocycles. The maximum Gasteiger partial charge on any atom is 0.417 e. The molecule has 4 atom stereocenters. The van der Waals surface area contributed by atoms with Crippen LogP contribution in [0.1, 0.15) is 133 Å². The molecule has 0 saturated heterocycles. The molecular weight excluding hydrogens is 1290 g/mol. The third-order valence-corrected chi connectivity index (χ3v) is 13.7. The van der Waals surface area contributed by atoms with E-state index >= 15 is 0 Å². The number of hydrogen-bond acceptors (Lipinski definition) is 20. The average molecular weight is 1360 g/mol. The largest absolute Gasteiger partial charge is 0.459 e. The van der Waals surface area contributed by atoms with Crippen molar-refractivity contribution in [2.75, 3.05) is 0 Å². The second kappa shape index (κ2) is 35.1. The Bertz CT molecular complexity index is 3680. The predicted octanol–water partition coefficient (Wildman–Crippen LogP) is 12.2. The van der Waals surface area contributed by atoms with Crippen molar-refractivity contribution in [3.05, 3.63) is 179 Å². The number of ether oxygens (including phenoxy) is 8. The normalized spacial score (nSPS) is 14.6. The maximum absolute atomic E-state index is 12.4. The van der Waals surface area contributed by atoms with Gasteiger partial charge in [0.05, 0.1) is 18.4 Å². The van der Waals surface area contributed by atoms with Gasteiger partial charge in [0.25, 0.3) is 0 Å². The smallest absolute Gasteiger partial charge is 0.417 e. The van der Waals surface area contributed by atoms with E-state index in [4.69, 9.17) is 38.3 Å². The van der Waals surface area contributed by atoms with Crippen LogP contribution in [0.5, 0.6) is 34.5 Å². The van der Waals surface area contributed by atoms with Gasteiger partial charge in [0.1, 0.15) is 41.0 Å². The molecule has 0 bridgehead atoms. The lowest BCUT2D eigenvalue weighted by atomic mass is 9.96. The van der Waals surface area contributed by atoms with Crippen molar-refractivity contribution < 1.29 is 122 Å². The molecule has 2 N–H and O–H groups in total. The molecule has 97 heavy (non-hydrogen) atoms. The van der Waals surface area contributed by atoms with Crippen LogP contribution in [0.3, 0.4) is 0 Å². The van der Waals surface area contributed by atoms with Gasteiger partial charge < -0.3 is 48.1 Å². The Labute approximate surface area is 556 Å². The summed E-state index contributed by atoms with van der Waals surface area (Å²) in [4.78, 5) is 113. The lowest BCUT2D eigenvalue weighted by Gasteiger charge is -2.29. The Morgan fingerprint density at radius 3 is 1.45 bits per heavy atom. The van der Waals surface area contributed by atoms with E-state index in [-0.39, 0.29) is 59.7 Å². The number of ketones is 2. The zero-order chi connectivity index (χ0) is 73.8. The van der Waals surface area contributed by atoms with E-state index in [9.17, 15) is 79.4 Å². The highest BCUT2D eigenvalue weighted by Gasteiger charge is 2.52. The van der Waals surface area contributed by atoms with E-state index in [1.54, 1.807) is 89.2 Å². The van der Waals surface area contributed by atoms with E-state index in [1.807, 2.05) is 12.1 Å². The molecule has 20 nitrogen and oxygen atoms in total. The van der Waals surface area contributed by atoms with Crippen LogP contribution in [0.25, 0.3) is 0 Å². The average Bonchev–Trinajstić information content (AvgIpc) is 1.72. The maximum atomic E-state index is 12.4. The van der Waals surface area contributed by atoms with E-state index < -0.39 is 84.4 Å². The third-order valence-electron chi connectivity index (χ3n) is 13.7. The number of carbonyl (C=O) groups excluding carboxylic acids is 10. The fourth-order valence-electron chi connectivity index (χ4n) is 8.30. The highest BCUT2D eigenvalue weighted by atomic mass is 19.4. The van der Waals surface area contributed by atoms with Gasteiger partial charge in [-0.1, -0.05) is 88.9 Å². The van der Waals surface area contributed by atoms with Gasteiger partial charge >= 0.3 is 60.1 Å². The minimum atomic E-state index is -4.75. The first kappa shape index (κ1) is 81.2. The highest BCUT2D eigenvalue weighted by molar-refractivity contribution is 6.04. The second-order valence-electron chi connectivity index (χ2n) is 23.2. The number of alkyl halides is 6. The molecule has 0 saturated carbocycles. The Kier molecular flexibility index (Phi) is 29.3. The van der Waals surface area contributed by atoms with Crippen molar-refractivity contribution in [3.8, 4) is 34.5 Å². The summed E-state index contributed by atoms with van der Waals surface area (Å²) in [5.41, 5.74) is 0.577. The van der Waals surface area contributed by atoms with Crippen molar-refractivity contribution in [2.45, 2.75) is 163 Å². The van der Waals surface area contributed by atoms with Crippen LogP contribution in [0.2, 0.25) is 0 Å². The first-order chi connectivity index (χ1) is 44.8. The van der Waals surface area contributed by atoms with Crippen molar-refractivity contribution in [2.24, 2.45) is 0 Å². The van der Waals surface area contributed by atoms with Crippen LogP contribution in [-0.2, 0) is 84.7 Å². The zero-order valence-corrected chi connectivity index (χ0v) is 55.2. The van der Waals surface area contributed by atoms with Gasteiger partial charge in [-0.2, -0.15) is 26.3 Å². The number of para-hydroxylation sites is 1. The number of benzene rings is 4. The summed E-state index contributed by atoms with van der Waals surface area (Å²) in [5.74, 6) is -1.69. The van der Waals surface area contributed by atoms with E-state index in [2.05, 4.69) is 44.2 Å². The number of aliphatic hydroxyl groups is 2. The summed E-state index contributed by atoms with van der Waals surface area (Å²) < 4.78 is 114. The number of hydrogen-bond donors (Lipinski definition) is 2. The summed E-state index contributed by atoms with van der Waals surface area (Å²) >= 11 is 0. The van der Waals surface area contributed by atoms with Gasteiger partial charge in [-0.3, -0.25) is 19.2 Å². The Balaban J connectivity index is 0.000000303. The molecule has 4 unspecified atom stereocenters. The van der Waals surface area contributed by atoms with Crippen molar-refractivity contribution in [1.29, 1.82) is 0 Å². The third kappa shape index (κ3) is 24.9. The lowest BCUT2D eigenvalue weighted by molar-refractivity contribution is -0.261. The Morgan fingerprint density at radius 1 is 0.505 bits per heavy atom. The van der Waals surface area contributed by atoms with Gasteiger partial charge in [-0.05, 0) is 111 Å². The molecule has 26 heteroatoms. The molecule has 2 aliphatic heterocycles. The molecule has 4 aromatic carbocycles. The molecule has 0 fully saturated rings. The number of aryl methyl sites for hydroxylation is 1. The minimum Gasteiger partial charge on any atom is -0.459 e. The minimum absolute atomic E-state index is 0.0418. The Hall–Kier alpha value is -10.1. The van der Waals surface area contributed by atoms with Crippen molar-refractivity contribution >= 4 is 59.3 Å². The molecule has 0 amide bonds. The molecule has 4 aliphatic rings. The predicted molar refractivity (Wildman–Crippen MR) is 339 cm³/mol. The monoisotopic (exact) mass is 1360 g/mol. The van der Waals surface area contributed by atoms with Gasteiger partial charge in [0.15, 0.2) is 28.5 Å². The molecule has 4 aromatic rings. The van der Waals surface area contributed by atoms with Gasteiger partial charge in [-0.15, -0.1) is 0 Å². The lowest BCUT2D eigenvalue weighted by Crippen LogP contribution is -2.45. The van der Waals surface area contributed by atoms with E-state index in [0.29, 0.717) is 89.7 Å². The number of halogens is 6. The van der Waals surface area contributed by atoms with Crippen LogP contribution < -0.4 is 28.4 Å². The quantitative estimate of drug-likeness (QED) is 0.0430. The second-order valence-corrected chi connectivity index (χ2v) is 23.2. The number of rotatable bonds is 17. The number of fused-ring (bicyclic) bond motifs is 4. The SMILES string of the molecule is C=C(C)C(=O)OC(C)CC(C)(O)C(F)(F)F.C=C(C)C(=O)OC(CC)CC(C)(O)C(F)(F)F.C=C(C)C(=O)Oc1ccc2c(c1)OC(=O)C2.C=C(C)C(=O)Oc1cccc2c1C(=O)CC2.C=C(C)C(=O)Oc1cccc2c1CC(=O)C2.C=C(C)C(=O)Oc1cccc2c1OC(=O)C2. The molecule has 522 valence electrons. The topological polar surface area (TPSA) is 285 Å². The summed E-state index contributed by atoms with van der Waals surface area (Å²) in [6.45, 7) is 33.8. The van der Waals surface area contributed by atoms with Gasteiger partial charge in [0, 0.05) is 88.3 Å². The number of esters is 8. The van der Waals surface area contributed by atoms with E-state index in [0.717, 1.165) is 34.2 Å². The molecule has 2 aliphatic carbocycles. The van der Waals surface area contributed by atoms with Gasteiger partial charge in [0.2, 0.25) is 0 Å². The number of carbonyl (C=O) groups is 10. The Morgan fingerprint density at radius 2 is 0.938 bits per heavy atom. The zero-order valence-electron chi connectivity index (χ0n) is 55.2. The van der Waals surface area contributed by atoms with Crippen LogP contribution >= 0.6 is 0 Å². The molecular formula is C71H76F6O20. The highest BCUT2D eigenvalue weighted by Crippen LogP contribution is 2.39. The summed E-state index contributed by atoms with van der Waals surface area (Å²) in [6, 6.07) is 20.6. The van der Waals surface area contributed by atoms with Gasteiger partial charge in [-0.25, -0.2) is 28.8 Å². The molecule has 0 spiro atoms. The summed E-state index contributed by atoms with van der Waals surface area (Å²) in [5, 5.41) is 18.4. The fourth-order valence-corrected chi connectivity index (χ4v) is 8.30. The fraction of sp³-hybridized carbons (Fsp3) is 0.352. The first-order valence-corrected chi connectivity index (χ1v) is 29.5. The van der Waals surface area contributed by atoms with Crippen LogP contribution in [0.15, 0.2) is 146 Å². The van der Waals surface area contributed by atoms with Crippen molar-refractivity contribution in [3.63, 3.8) is 0 Å². The molecule has 8 rings (SSSR count). The molecule has 0 aromatic heterocycles. The number of Topliss-reactive ketones (excluding diaryl/α,β-unsaturated/α-hetero) is 2. The van der Waals surface area contributed by atoms with E-state index in [1.165, 1.54) is 26.8 Å².